The summed E-state index contributed by atoms with van der Waals surface area (Å²) >= 11 is 0. The second-order valence-corrected chi connectivity index (χ2v) is 5.56. The molecule has 1 N–H and O–H groups in total. The molecule has 1 aliphatic rings. The Hall–Kier alpha value is -0.820. The Morgan fingerprint density at radius 2 is 2.06 bits per heavy atom. The lowest BCUT2D eigenvalue weighted by Gasteiger charge is -2.11. The Balaban J connectivity index is 1.69. The highest BCUT2D eigenvalue weighted by Crippen LogP contribution is 2.50. The molecule has 1 aromatic rings. The second kappa shape index (κ2) is 6.20. The molecule has 1 saturated carbocycles. The fourth-order valence-corrected chi connectivity index (χ4v) is 2.74. The van der Waals surface area contributed by atoms with Crippen molar-refractivity contribution in [1.82, 2.24) is 5.32 Å². The van der Waals surface area contributed by atoms with E-state index in [0.29, 0.717) is 0 Å². The van der Waals surface area contributed by atoms with Crippen molar-refractivity contribution in [2.75, 3.05) is 13.1 Å². The number of benzene rings is 1. The van der Waals surface area contributed by atoms with Gasteiger partial charge in [-0.1, -0.05) is 44.2 Å². The van der Waals surface area contributed by atoms with Gasteiger partial charge >= 0.3 is 0 Å². The molecule has 0 spiro atoms. The fourth-order valence-electron chi connectivity index (χ4n) is 2.74. The number of nitrogens with one attached hydrogen (secondary N) is 1. The van der Waals surface area contributed by atoms with E-state index >= 15 is 0 Å². The first-order chi connectivity index (χ1) is 8.31. The lowest BCUT2D eigenvalue weighted by molar-refractivity contribution is 0.452. The topological polar surface area (TPSA) is 12.0 Å². The maximum Gasteiger partial charge on any atom is -0.00231 e. The summed E-state index contributed by atoms with van der Waals surface area (Å²) < 4.78 is 0. The lowest BCUT2D eigenvalue weighted by atomic mass is 10.0. The predicted molar refractivity (Wildman–Crippen MR) is 74.2 cm³/mol. The molecule has 94 valence electrons. The molecule has 0 aliphatic heterocycles. The van der Waals surface area contributed by atoms with Crippen LogP contribution in [0.25, 0.3) is 0 Å². The average Bonchev–Trinajstić information content (AvgIpc) is 3.10. The van der Waals surface area contributed by atoms with Crippen LogP contribution in [0.5, 0.6) is 0 Å². The van der Waals surface area contributed by atoms with Crippen molar-refractivity contribution < 1.29 is 0 Å². The number of hydrogen-bond acceptors (Lipinski definition) is 1. The third kappa shape index (κ3) is 3.85. The Kier molecular flexibility index (Phi) is 4.61. The largest absolute Gasteiger partial charge is 0.316 e. The molecule has 1 aliphatic carbocycles. The van der Waals surface area contributed by atoms with Crippen LogP contribution in [0, 0.1) is 11.8 Å². The van der Waals surface area contributed by atoms with Crippen LogP contribution in [0.3, 0.4) is 0 Å². The van der Waals surface area contributed by atoms with Crippen LogP contribution in [-0.2, 0) is 0 Å². The molecule has 0 bridgehead atoms. The fraction of sp³-hybridized carbons (Fsp3) is 0.625. The molecule has 0 saturated heterocycles. The van der Waals surface area contributed by atoms with Crippen LogP contribution in [0.15, 0.2) is 30.3 Å². The molecule has 17 heavy (non-hydrogen) atoms. The molecule has 0 heterocycles. The van der Waals surface area contributed by atoms with E-state index in [4.69, 9.17) is 0 Å². The zero-order valence-electron chi connectivity index (χ0n) is 11.2. The highest BCUT2D eigenvalue weighted by molar-refractivity contribution is 5.25. The van der Waals surface area contributed by atoms with Crippen molar-refractivity contribution in [3.8, 4) is 0 Å². The van der Waals surface area contributed by atoms with Gasteiger partial charge in [0.1, 0.15) is 0 Å². The summed E-state index contributed by atoms with van der Waals surface area (Å²) in [6.07, 6.45) is 4.03. The molecule has 3 unspecified atom stereocenters. The van der Waals surface area contributed by atoms with Crippen LogP contribution in [0.1, 0.15) is 44.6 Å². The van der Waals surface area contributed by atoms with Gasteiger partial charge in [-0.25, -0.2) is 0 Å². The number of hydrogen-bond donors (Lipinski definition) is 1. The van der Waals surface area contributed by atoms with E-state index in [1.807, 2.05) is 0 Å². The first-order valence-electron chi connectivity index (χ1n) is 7.07. The van der Waals surface area contributed by atoms with E-state index in [1.54, 1.807) is 5.56 Å². The first kappa shape index (κ1) is 12.6. The molecule has 1 heteroatoms. The summed E-state index contributed by atoms with van der Waals surface area (Å²) in [5.41, 5.74) is 1.55. The number of rotatable bonds is 7. The Labute approximate surface area is 106 Å². The molecular weight excluding hydrogens is 206 g/mol. The highest BCUT2D eigenvalue weighted by Gasteiger charge is 2.38. The molecule has 3 atom stereocenters. The summed E-state index contributed by atoms with van der Waals surface area (Å²) in [4.78, 5) is 0. The summed E-state index contributed by atoms with van der Waals surface area (Å²) in [5.74, 6) is 2.61. The molecule has 1 aromatic carbocycles. The van der Waals surface area contributed by atoms with Gasteiger partial charge in [0.25, 0.3) is 0 Å². The normalized spacial score (nSPS) is 24.6. The van der Waals surface area contributed by atoms with Gasteiger partial charge in [0, 0.05) is 0 Å². The van der Waals surface area contributed by atoms with Gasteiger partial charge in [-0.15, -0.1) is 0 Å². The Morgan fingerprint density at radius 1 is 1.29 bits per heavy atom. The highest BCUT2D eigenvalue weighted by atomic mass is 14.8. The zero-order valence-corrected chi connectivity index (χ0v) is 11.2. The van der Waals surface area contributed by atoms with E-state index in [9.17, 15) is 0 Å². The molecule has 0 radical (unpaired) electrons. The van der Waals surface area contributed by atoms with Crippen LogP contribution < -0.4 is 5.32 Å². The van der Waals surface area contributed by atoms with Gasteiger partial charge in [-0.05, 0) is 55.7 Å². The Bertz CT molecular complexity index is 320. The zero-order chi connectivity index (χ0) is 12.1. The van der Waals surface area contributed by atoms with Crippen molar-refractivity contribution in [3.05, 3.63) is 35.9 Å². The molecule has 1 fully saturated rings. The van der Waals surface area contributed by atoms with E-state index in [2.05, 4.69) is 49.5 Å². The average molecular weight is 231 g/mol. The van der Waals surface area contributed by atoms with Crippen molar-refractivity contribution in [2.45, 2.75) is 39.0 Å². The van der Waals surface area contributed by atoms with Crippen LogP contribution >= 0.6 is 0 Å². The minimum Gasteiger partial charge on any atom is -0.316 e. The summed E-state index contributed by atoms with van der Waals surface area (Å²) in [5, 5.41) is 3.52. The molecule has 0 aromatic heterocycles. The smallest absolute Gasteiger partial charge is 0.00231 e. The van der Waals surface area contributed by atoms with Gasteiger partial charge in [0.15, 0.2) is 0 Å². The van der Waals surface area contributed by atoms with Crippen LogP contribution in [0.2, 0.25) is 0 Å². The summed E-state index contributed by atoms with van der Waals surface area (Å²) in [6.45, 7) is 6.95. The van der Waals surface area contributed by atoms with Gasteiger partial charge in [0.2, 0.25) is 0 Å². The van der Waals surface area contributed by atoms with E-state index in [1.165, 1.54) is 25.8 Å². The third-order valence-electron chi connectivity index (χ3n) is 3.78. The SMILES string of the molecule is CCCNCC(C)CC1CC1c1ccccc1. The minimum atomic E-state index is 0.820. The van der Waals surface area contributed by atoms with Crippen molar-refractivity contribution in [2.24, 2.45) is 11.8 Å². The van der Waals surface area contributed by atoms with Crippen molar-refractivity contribution in [3.63, 3.8) is 0 Å². The van der Waals surface area contributed by atoms with E-state index in [-0.39, 0.29) is 0 Å². The molecule has 2 rings (SSSR count). The van der Waals surface area contributed by atoms with Gasteiger partial charge in [0.05, 0.1) is 0 Å². The van der Waals surface area contributed by atoms with E-state index in [0.717, 1.165) is 24.3 Å². The van der Waals surface area contributed by atoms with Crippen LogP contribution in [-0.4, -0.2) is 13.1 Å². The molecule has 0 amide bonds. The standard InChI is InChI=1S/C16H25N/c1-3-9-17-12-13(2)10-15-11-16(15)14-7-5-4-6-8-14/h4-8,13,15-17H,3,9-12H2,1-2H3. The monoisotopic (exact) mass is 231 g/mol. The van der Waals surface area contributed by atoms with Gasteiger partial charge in [-0.3, -0.25) is 0 Å². The lowest BCUT2D eigenvalue weighted by Crippen LogP contribution is -2.22. The Morgan fingerprint density at radius 3 is 2.76 bits per heavy atom. The van der Waals surface area contributed by atoms with E-state index < -0.39 is 0 Å². The summed E-state index contributed by atoms with van der Waals surface area (Å²) in [7, 11) is 0. The van der Waals surface area contributed by atoms with Gasteiger partial charge in [-0.2, -0.15) is 0 Å². The maximum absolute atomic E-state index is 3.52. The van der Waals surface area contributed by atoms with Gasteiger partial charge < -0.3 is 5.32 Å². The quantitative estimate of drug-likeness (QED) is 0.704. The maximum atomic E-state index is 3.52. The van der Waals surface area contributed by atoms with Crippen LogP contribution in [0.4, 0.5) is 0 Å². The molecular formula is C16H25N. The molecule has 1 nitrogen and oxygen atoms in total. The van der Waals surface area contributed by atoms with Crippen molar-refractivity contribution >= 4 is 0 Å². The predicted octanol–water partition coefficient (Wildman–Crippen LogP) is 3.82. The third-order valence-corrected chi connectivity index (χ3v) is 3.78. The minimum absolute atomic E-state index is 0.820. The van der Waals surface area contributed by atoms with Crippen molar-refractivity contribution in [1.29, 1.82) is 0 Å². The second-order valence-electron chi connectivity index (χ2n) is 5.56. The first-order valence-corrected chi connectivity index (χ1v) is 7.07. The summed E-state index contributed by atoms with van der Waals surface area (Å²) in [6, 6.07) is 11.0.